The second-order valence-corrected chi connectivity index (χ2v) is 6.69. The minimum absolute atomic E-state index is 0.00841. The topological polar surface area (TPSA) is 81.4 Å². The van der Waals surface area contributed by atoms with E-state index < -0.39 is 10.0 Å². The second kappa shape index (κ2) is 5.95. The fourth-order valence-corrected chi connectivity index (χ4v) is 4.07. The molecule has 5 nitrogen and oxygen atoms in total. The summed E-state index contributed by atoms with van der Waals surface area (Å²) in [5.74, 6) is 0. The first-order valence-corrected chi connectivity index (χ1v) is 7.96. The van der Waals surface area contributed by atoms with Gasteiger partial charge in [0.2, 0.25) is 10.0 Å². The average molecular weight is 325 g/mol. The molecular formula is C11H14Cl2N2O3S. The maximum Gasteiger partial charge on any atom is 0.242 e. The number of hydrogen-bond donors (Lipinski definition) is 2. The number of hydrogen-bond acceptors (Lipinski definition) is 4. The van der Waals surface area contributed by atoms with Gasteiger partial charge in [-0.25, -0.2) is 13.1 Å². The molecule has 0 amide bonds. The Balaban J connectivity index is 2.34. The number of rotatable bonds is 4. The van der Waals surface area contributed by atoms with Crippen LogP contribution in [0, 0.1) is 0 Å². The first kappa shape index (κ1) is 15.0. The van der Waals surface area contributed by atoms with E-state index in [0.717, 1.165) is 0 Å². The van der Waals surface area contributed by atoms with Gasteiger partial charge in [-0.2, -0.15) is 0 Å². The highest BCUT2D eigenvalue weighted by molar-refractivity contribution is 7.89. The minimum atomic E-state index is -3.70. The van der Waals surface area contributed by atoms with Crippen LogP contribution in [-0.4, -0.2) is 27.7 Å². The van der Waals surface area contributed by atoms with Crippen molar-refractivity contribution in [3.05, 3.63) is 27.7 Å². The van der Waals surface area contributed by atoms with E-state index in [1.807, 2.05) is 0 Å². The largest absolute Gasteiger partial charge is 0.380 e. The fraction of sp³-hybridized carbons (Fsp3) is 0.455. The van der Waals surface area contributed by atoms with Gasteiger partial charge in [-0.05, 0) is 18.6 Å². The van der Waals surface area contributed by atoms with E-state index in [4.69, 9.17) is 33.7 Å². The Bertz CT molecular complexity index is 572. The lowest BCUT2D eigenvalue weighted by molar-refractivity contribution is 0.192. The Labute approximate surface area is 122 Å². The van der Waals surface area contributed by atoms with Crippen LogP contribution in [0.4, 0.5) is 0 Å². The zero-order valence-corrected chi connectivity index (χ0v) is 12.4. The summed E-state index contributed by atoms with van der Waals surface area (Å²) in [5, 5.41) is 0.428. The van der Waals surface area contributed by atoms with E-state index in [1.165, 1.54) is 12.1 Å². The normalized spacial score (nSPS) is 19.8. The third kappa shape index (κ3) is 3.21. The number of sulfonamides is 1. The van der Waals surface area contributed by atoms with Gasteiger partial charge in [0.25, 0.3) is 0 Å². The summed E-state index contributed by atoms with van der Waals surface area (Å²) in [6.45, 7) is 0.997. The van der Waals surface area contributed by atoms with Gasteiger partial charge in [-0.3, -0.25) is 0 Å². The van der Waals surface area contributed by atoms with Gasteiger partial charge in [0.1, 0.15) is 4.90 Å². The molecule has 1 saturated heterocycles. The smallest absolute Gasteiger partial charge is 0.242 e. The summed E-state index contributed by atoms with van der Waals surface area (Å²) in [7, 11) is -3.70. The highest BCUT2D eigenvalue weighted by Gasteiger charge is 2.26. The molecule has 1 aromatic carbocycles. The number of nitrogens with two attached hydrogens (primary N) is 1. The molecule has 0 saturated carbocycles. The number of nitrogens with one attached hydrogen (secondary N) is 1. The van der Waals surface area contributed by atoms with Crippen molar-refractivity contribution in [2.75, 3.05) is 13.2 Å². The van der Waals surface area contributed by atoms with Crippen molar-refractivity contribution in [1.29, 1.82) is 0 Å². The van der Waals surface area contributed by atoms with Crippen LogP contribution in [0.2, 0.25) is 10.0 Å². The zero-order valence-electron chi connectivity index (χ0n) is 10.0. The van der Waals surface area contributed by atoms with Gasteiger partial charge in [-0.15, -0.1) is 0 Å². The first-order chi connectivity index (χ1) is 8.95. The molecule has 1 fully saturated rings. The Kier molecular flexibility index (Phi) is 4.70. The maximum atomic E-state index is 12.3. The van der Waals surface area contributed by atoms with E-state index >= 15 is 0 Å². The summed E-state index contributed by atoms with van der Waals surface area (Å²) in [4.78, 5) is -0.00841. The third-order valence-electron chi connectivity index (χ3n) is 2.90. The van der Waals surface area contributed by atoms with Crippen molar-refractivity contribution < 1.29 is 13.2 Å². The molecule has 0 radical (unpaired) electrons. The average Bonchev–Trinajstić information content (AvgIpc) is 2.81. The SMILES string of the molecule is NCc1c(Cl)ccc(S(=O)(=O)NC2CCOC2)c1Cl. The molecule has 106 valence electrons. The number of halogens is 2. The lowest BCUT2D eigenvalue weighted by atomic mass is 10.2. The van der Waals surface area contributed by atoms with E-state index in [-0.39, 0.29) is 22.5 Å². The van der Waals surface area contributed by atoms with Crippen LogP contribution < -0.4 is 10.5 Å². The minimum Gasteiger partial charge on any atom is -0.380 e. The van der Waals surface area contributed by atoms with Crippen LogP contribution in [0.25, 0.3) is 0 Å². The molecule has 19 heavy (non-hydrogen) atoms. The lowest BCUT2D eigenvalue weighted by Gasteiger charge is -2.14. The van der Waals surface area contributed by atoms with E-state index in [0.29, 0.717) is 30.2 Å². The van der Waals surface area contributed by atoms with E-state index in [9.17, 15) is 8.42 Å². The molecule has 1 unspecified atom stereocenters. The Morgan fingerprint density at radius 2 is 2.16 bits per heavy atom. The van der Waals surface area contributed by atoms with Crippen molar-refractivity contribution in [3.63, 3.8) is 0 Å². The van der Waals surface area contributed by atoms with Gasteiger partial charge in [0.15, 0.2) is 0 Å². The highest BCUT2D eigenvalue weighted by atomic mass is 35.5. The van der Waals surface area contributed by atoms with Gasteiger partial charge in [0, 0.05) is 29.8 Å². The zero-order chi connectivity index (χ0) is 14.0. The van der Waals surface area contributed by atoms with Crippen molar-refractivity contribution in [2.45, 2.75) is 23.9 Å². The molecule has 0 bridgehead atoms. The molecule has 1 aromatic rings. The van der Waals surface area contributed by atoms with Gasteiger partial charge < -0.3 is 10.5 Å². The number of ether oxygens (including phenoxy) is 1. The highest BCUT2D eigenvalue weighted by Crippen LogP contribution is 2.30. The van der Waals surface area contributed by atoms with Gasteiger partial charge in [-0.1, -0.05) is 23.2 Å². The molecule has 2 rings (SSSR count). The summed E-state index contributed by atoms with van der Waals surface area (Å²) in [5.41, 5.74) is 5.95. The second-order valence-electron chi connectivity index (χ2n) is 4.22. The molecule has 0 aliphatic carbocycles. The van der Waals surface area contributed by atoms with Gasteiger partial charge >= 0.3 is 0 Å². The lowest BCUT2D eigenvalue weighted by Crippen LogP contribution is -2.35. The molecule has 0 spiro atoms. The molecule has 3 N–H and O–H groups in total. The van der Waals surface area contributed by atoms with Crippen molar-refractivity contribution in [2.24, 2.45) is 5.73 Å². The standard InChI is InChI=1S/C11H14Cl2N2O3S/c12-9-1-2-10(11(13)8(9)5-14)19(16,17)15-7-3-4-18-6-7/h1-2,7,15H,3-6,14H2. The summed E-state index contributed by atoms with van der Waals surface area (Å²) in [6, 6.07) is 2.63. The number of benzene rings is 1. The monoisotopic (exact) mass is 324 g/mol. The van der Waals surface area contributed by atoms with Crippen LogP contribution in [0.15, 0.2) is 17.0 Å². The van der Waals surface area contributed by atoms with Crippen molar-refractivity contribution in [1.82, 2.24) is 4.72 Å². The van der Waals surface area contributed by atoms with Crippen molar-refractivity contribution in [3.8, 4) is 0 Å². The molecular weight excluding hydrogens is 311 g/mol. The summed E-state index contributed by atoms with van der Waals surface area (Å²) >= 11 is 12.0. The molecule has 8 heteroatoms. The van der Waals surface area contributed by atoms with Crippen LogP contribution in [0.3, 0.4) is 0 Å². The fourth-order valence-electron chi connectivity index (χ4n) is 1.88. The van der Waals surface area contributed by atoms with Crippen LogP contribution in [0.5, 0.6) is 0 Å². The molecule has 1 heterocycles. The predicted molar refractivity (Wildman–Crippen MR) is 73.9 cm³/mol. The maximum absolute atomic E-state index is 12.3. The summed E-state index contributed by atoms with van der Waals surface area (Å²) < 4.78 is 32.2. The molecule has 1 aliphatic heterocycles. The van der Waals surface area contributed by atoms with Crippen LogP contribution in [0.1, 0.15) is 12.0 Å². The van der Waals surface area contributed by atoms with E-state index in [1.54, 1.807) is 0 Å². The van der Waals surface area contributed by atoms with Crippen LogP contribution >= 0.6 is 23.2 Å². The Hall–Kier alpha value is -0.370. The quantitative estimate of drug-likeness (QED) is 0.879. The Morgan fingerprint density at radius 1 is 1.42 bits per heavy atom. The van der Waals surface area contributed by atoms with E-state index in [2.05, 4.69) is 4.72 Å². The van der Waals surface area contributed by atoms with Crippen molar-refractivity contribution >= 4 is 33.2 Å². The van der Waals surface area contributed by atoms with Crippen LogP contribution in [-0.2, 0) is 21.3 Å². The molecule has 0 aromatic heterocycles. The first-order valence-electron chi connectivity index (χ1n) is 5.72. The molecule has 1 atom stereocenters. The Morgan fingerprint density at radius 3 is 2.74 bits per heavy atom. The summed E-state index contributed by atoms with van der Waals surface area (Å²) in [6.07, 6.45) is 0.647. The predicted octanol–water partition coefficient (Wildman–Crippen LogP) is 1.52. The van der Waals surface area contributed by atoms with Gasteiger partial charge in [0.05, 0.1) is 11.6 Å². The third-order valence-corrected chi connectivity index (χ3v) is 5.36. The molecule has 1 aliphatic rings.